The number of anilines is 2. The van der Waals surface area contributed by atoms with Crippen LogP contribution < -0.4 is 15.5 Å². The molecule has 3 rings (SSSR count). The second-order valence-electron chi connectivity index (χ2n) is 5.99. The van der Waals surface area contributed by atoms with Crippen molar-refractivity contribution in [3.63, 3.8) is 0 Å². The van der Waals surface area contributed by atoms with E-state index in [0.717, 1.165) is 37.6 Å². The molecule has 0 radical (unpaired) electrons. The van der Waals surface area contributed by atoms with Gasteiger partial charge in [-0.2, -0.15) is 0 Å². The number of carbonyl (C=O) groups excluding carboxylic acids is 1. The standard InChI is InChI=1S/C17H21FN6O/c1-23-6-8-24(9-7-23)16-10-15(20-12-21-16)22-17(25)19-11-13-2-4-14(18)5-3-13/h2-5,10,12H,6-9,11H2,1H3,(H2,19,20,21,22,25). The minimum Gasteiger partial charge on any atom is -0.354 e. The molecule has 1 fully saturated rings. The summed E-state index contributed by atoms with van der Waals surface area (Å²) in [5, 5.41) is 5.42. The summed E-state index contributed by atoms with van der Waals surface area (Å²) < 4.78 is 12.9. The zero-order chi connectivity index (χ0) is 17.6. The van der Waals surface area contributed by atoms with E-state index in [1.54, 1.807) is 18.2 Å². The normalized spacial score (nSPS) is 15.0. The van der Waals surface area contributed by atoms with E-state index in [2.05, 4.69) is 37.4 Å². The Hall–Kier alpha value is -2.74. The first-order valence-corrected chi connectivity index (χ1v) is 8.15. The number of aromatic nitrogens is 2. The van der Waals surface area contributed by atoms with Crippen molar-refractivity contribution in [1.82, 2.24) is 20.2 Å². The van der Waals surface area contributed by atoms with Gasteiger partial charge in [-0.1, -0.05) is 12.1 Å². The molecule has 1 aromatic carbocycles. The minimum atomic E-state index is -0.368. The van der Waals surface area contributed by atoms with Gasteiger partial charge in [-0.15, -0.1) is 0 Å². The van der Waals surface area contributed by atoms with Gasteiger partial charge in [0.1, 0.15) is 23.8 Å². The lowest BCUT2D eigenvalue weighted by molar-refractivity contribution is 0.251. The molecule has 2 aromatic rings. The van der Waals surface area contributed by atoms with Gasteiger partial charge < -0.3 is 15.1 Å². The van der Waals surface area contributed by atoms with Crippen molar-refractivity contribution in [3.8, 4) is 0 Å². The van der Waals surface area contributed by atoms with Gasteiger partial charge in [0.05, 0.1) is 0 Å². The summed E-state index contributed by atoms with van der Waals surface area (Å²) in [6.07, 6.45) is 1.45. The maximum absolute atomic E-state index is 12.9. The summed E-state index contributed by atoms with van der Waals surface area (Å²) in [6.45, 7) is 4.05. The number of halogens is 1. The predicted molar refractivity (Wildman–Crippen MR) is 94.0 cm³/mol. The smallest absolute Gasteiger partial charge is 0.320 e. The van der Waals surface area contributed by atoms with Crippen LogP contribution in [0.3, 0.4) is 0 Å². The lowest BCUT2D eigenvalue weighted by Gasteiger charge is -2.33. The maximum atomic E-state index is 12.9. The van der Waals surface area contributed by atoms with Crippen molar-refractivity contribution in [2.75, 3.05) is 43.4 Å². The first-order chi connectivity index (χ1) is 12.1. The Labute approximate surface area is 145 Å². The van der Waals surface area contributed by atoms with Gasteiger partial charge in [-0.05, 0) is 24.7 Å². The monoisotopic (exact) mass is 344 g/mol. The number of likely N-dealkylation sites (N-methyl/N-ethyl adjacent to an activating group) is 1. The number of urea groups is 1. The van der Waals surface area contributed by atoms with E-state index in [9.17, 15) is 9.18 Å². The van der Waals surface area contributed by atoms with Crippen LogP contribution in [0.4, 0.5) is 20.8 Å². The molecule has 8 heteroatoms. The average molecular weight is 344 g/mol. The summed E-state index contributed by atoms with van der Waals surface area (Å²) in [5.41, 5.74) is 0.817. The van der Waals surface area contributed by atoms with Gasteiger partial charge in [0.2, 0.25) is 0 Å². The summed E-state index contributed by atoms with van der Waals surface area (Å²) in [5.74, 6) is 0.947. The van der Waals surface area contributed by atoms with E-state index < -0.39 is 0 Å². The molecule has 7 nitrogen and oxygen atoms in total. The lowest BCUT2D eigenvalue weighted by Crippen LogP contribution is -2.44. The highest BCUT2D eigenvalue weighted by atomic mass is 19.1. The van der Waals surface area contributed by atoms with Crippen LogP contribution in [0.2, 0.25) is 0 Å². The highest BCUT2D eigenvalue weighted by molar-refractivity contribution is 5.88. The third kappa shape index (κ3) is 4.87. The third-order valence-electron chi connectivity index (χ3n) is 4.09. The van der Waals surface area contributed by atoms with Gasteiger partial charge in [0, 0.05) is 38.8 Å². The van der Waals surface area contributed by atoms with E-state index in [4.69, 9.17) is 0 Å². The Balaban J connectivity index is 1.54. The van der Waals surface area contributed by atoms with Gasteiger partial charge in [-0.3, -0.25) is 5.32 Å². The summed E-state index contributed by atoms with van der Waals surface area (Å²) >= 11 is 0. The van der Waals surface area contributed by atoms with E-state index in [0.29, 0.717) is 12.4 Å². The zero-order valence-electron chi connectivity index (χ0n) is 14.1. The molecule has 25 heavy (non-hydrogen) atoms. The number of amides is 2. The van der Waals surface area contributed by atoms with Crippen molar-refractivity contribution in [1.29, 1.82) is 0 Å². The molecular formula is C17H21FN6O. The van der Waals surface area contributed by atoms with Gasteiger partial charge in [0.15, 0.2) is 0 Å². The topological polar surface area (TPSA) is 73.4 Å². The Bertz CT molecular complexity index is 715. The van der Waals surface area contributed by atoms with Crippen molar-refractivity contribution in [2.45, 2.75) is 6.54 Å². The van der Waals surface area contributed by atoms with Crippen LogP contribution in [-0.2, 0) is 6.54 Å². The molecule has 0 aliphatic carbocycles. The number of piperazine rings is 1. The fourth-order valence-corrected chi connectivity index (χ4v) is 2.57. The van der Waals surface area contributed by atoms with E-state index in [1.807, 2.05) is 0 Å². The number of nitrogens with zero attached hydrogens (tertiary/aromatic N) is 4. The quantitative estimate of drug-likeness (QED) is 0.883. The summed E-state index contributed by atoms with van der Waals surface area (Å²) in [4.78, 5) is 24.8. The molecular weight excluding hydrogens is 323 g/mol. The molecule has 0 unspecified atom stereocenters. The van der Waals surface area contributed by atoms with Crippen molar-refractivity contribution in [2.24, 2.45) is 0 Å². The first-order valence-electron chi connectivity index (χ1n) is 8.15. The van der Waals surface area contributed by atoms with Crippen LogP contribution in [0.15, 0.2) is 36.7 Å². The van der Waals surface area contributed by atoms with Crippen molar-refractivity contribution >= 4 is 17.7 Å². The molecule has 1 aliphatic rings. The first kappa shape index (κ1) is 17.1. The van der Waals surface area contributed by atoms with Crippen LogP contribution in [0.25, 0.3) is 0 Å². The fraction of sp³-hybridized carbons (Fsp3) is 0.353. The molecule has 1 aliphatic heterocycles. The highest BCUT2D eigenvalue weighted by Gasteiger charge is 2.16. The molecule has 0 atom stereocenters. The summed E-state index contributed by atoms with van der Waals surface area (Å²) in [6, 6.07) is 7.39. The largest absolute Gasteiger partial charge is 0.354 e. The Morgan fingerprint density at radius 3 is 2.60 bits per heavy atom. The molecule has 0 spiro atoms. The van der Waals surface area contributed by atoms with Crippen LogP contribution in [0.1, 0.15) is 5.56 Å². The fourth-order valence-electron chi connectivity index (χ4n) is 2.57. The number of rotatable bonds is 4. The van der Waals surface area contributed by atoms with Crippen LogP contribution in [0.5, 0.6) is 0 Å². The lowest BCUT2D eigenvalue weighted by atomic mass is 10.2. The number of hydrogen-bond acceptors (Lipinski definition) is 5. The third-order valence-corrected chi connectivity index (χ3v) is 4.09. The Morgan fingerprint density at radius 2 is 1.88 bits per heavy atom. The van der Waals surface area contributed by atoms with Crippen molar-refractivity contribution in [3.05, 3.63) is 48.0 Å². The molecule has 2 amide bonds. The van der Waals surface area contributed by atoms with Crippen LogP contribution in [-0.4, -0.2) is 54.1 Å². The van der Waals surface area contributed by atoms with E-state index >= 15 is 0 Å². The Morgan fingerprint density at radius 1 is 1.16 bits per heavy atom. The molecule has 2 N–H and O–H groups in total. The van der Waals surface area contributed by atoms with Crippen LogP contribution in [0, 0.1) is 5.82 Å². The molecule has 0 bridgehead atoms. The molecule has 132 valence electrons. The predicted octanol–water partition coefficient (Wildman–Crippen LogP) is 1.69. The summed E-state index contributed by atoms with van der Waals surface area (Å²) in [7, 11) is 2.09. The van der Waals surface area contributed by atoms with Crippen molar-refractivity contribution < 1.29 is 9.18 Å². The average Bonchev–Trinajstić information content (AvgIpc) is 2.62. The van der Waals surface area contributed by atoms with Gasteiger partial charge >= 0.3 is 6.03 Å². The minimum absolute atomic E-state index is 0.300. The van der Waals surface area contributed by atoms with Gasteiger partial charge in [0.25, 0.3) is 0 Å². The second kappa shape index (κ2) is 7.89. The second-order valence-corrected chi connectivity index (χ2v) is 5.99. The maximum Gasteiger partial charge on any atom is 0.320 e. The molecule has 0 saturated carbocycles. The Kier molecular flexibility index (Phi) is 5.39. The SMILES string of the molecule is CN1CCN(c2cc(NC(=O)NCc3ccc(F)cc3)ncn2)CC1. The number of benzene rings is 1. The zero-order valence-corrected chi connectivity index (χ0v) is 14.1. The number of hydrogen-bond donors (Lipinski definition) is 2. The number of nitrogens with one attached hydrogen (secondary N) is 2. The number of carbonyl (C=O) groups is 1. The van der Waals surface area contributed by atoms with E-state index in [1.165, 1.54) is 18.5 Å². The van der Waals surface area contributed by atoms with E-state index in [-0.39, 0.29) is 11.8 Å². The molecule has 1 aromatic heterocycles. The van der Waals surface area contributed by atoms with Crippen LogP contribution >= 0.6 is 0 Å². The molecule has 2 heterocycles. The molecule has 1 saturated heterocycles. The van der Waals surface area contributed by atoms with Gasteiger partial charge in [-0.25, -0.2) is 19.2 Å². The highest BCUT2D eigenvalue weighted by Crippen LogP contribution is 2.15.